The Morgan fingerprint density at radius 2 is 1.63 bits per heavy atom. The molecule has 3 nitrogen and oxygen atoms in total. The first-order chi connectivity index (χ1) is 9.06. The Labute approximate surface area is 119 Å². The second kappa shape index (κ2) is 12.2. The summed E-state index contributed by atoms with van der Waals surface area (Å²) in [6.07, 6.45) is 10.2. The van der Waals surface area contributed by atoms with E-state index < -0.39 is 0 Å². The van der Waals surface area contributed by atoms with Crippen LogP contribution in [0.3, 0.4) is 0 Å². The molecule has 0 spiro atoms. The van der Waals surface area contributed by atoms with Gasteiger partial charge in [-0.2, -0.15) is 5.10 Å². The normalized spacial score (nSPS) is 11.9. The van der Waals surface area contributed by atoms with Gasteiger partial charge in [-0.3, -0.25) is 4.79 Å². The van der Waals surface area contributed by atoms with Crippen molar-refractivity contribution < 1.29 is 4.79 Å². The van der Waals surface area contributed by atoms with Gasteiger partial charge in [0.1, 0.15) is 0 Å². The molecule has 1 amide bonds. The van der Waals surface area contributed by atoms with Gasteiger partial charge in [0.25, 0.3) is 0 Å². The number of carbonyl (C=O) groups is 1. The number of carbonyl (C=O) groups excluding carboxylic acids is 1. The Kier molecular flexibility index (Phi) is 11.6. The van der Waals surface area contributed by atoms with Gasteiger partial charge in [-0.05, 0) is 25.7 Å². The highest BCUT2D eigenvalue weighted by molar-refractivity contribution is 5.84. The van der Waals surface area contributed by atoms with Crippen molar-refractivity contribution in [3.05, 3.63) is 0 Å². The van der Waals surface area contributed by atoms with E-state index in [4.69, 9.17) is 0 Å². The van der Waals surface area contributed by atoms with Crippen LogP contribution in [0.25, 0.3) is 0 Å². The van der Waals surface area contributed by atoms with Crippen molar-refractivity contribution in [1.29, 1.82) is 0 Å². The predicted octanol–water partition coefficient (Wildman–Crippen LogP) is 4.67. The molecule has 0 atom stereocenters. The molecule has 0 heterocycles. The van der Waals surface area contributed by atoms with E-state index in [1.807, 2.05) is 6.92 Å². The van der Waals surface area contributed by atoms with Crippen LogP contribution in [0.1, 0.15) is 85.5 Å². The third-order valence-electron chi connectivity index (χ3n) is 3.08. The van der Waals surface area contributed by atoms with E-state index in [0.29, 0.717) is 12.3 Å². The number of hydrazone groups is 1. The smallest absolute Gasteiger partial charge is 0.240 e. The maximum atomic E-state index is 11.6. The van der Waals surface area contributed by atoms with E-state index in [0.717, 1.165) is 25.0 Å². The fourth-order valence-corrected chi connectivity index (χ4v) is 2.09. The largest absolute Gasteiger partial charge is 0.273 e. The molecule has 0 fully saturated rings. The number of nitrogens with one attached hydrogen (secondary N) is 1. The molecule has 0 aliphatic rings. The molecule has 0 aromatic rings. The average Bonchev–Trinajstić information content (AvgIpc) is 2.34. The SMILES string of the molecule is CCCCCCCCCC(=O)N/N=C(\C)CC(C)C. The van der Waals surface area contributed by atoms with E-state index in [1.165, 1.54) is 32.1 Å². The second-order valence-electron chi connectivity index (χ2n) is 5.85. The summed E-state index contributed by atoms with van der Waals surface area (Å²) < 4.78 is 0. The van der Waals surface area contributed by atoms with Gasteiger partial charge in [0.2, 0.25) is 5.91 Å². The lowest BCUT2D eigenvalue weighted by Crippen LogP contribution is -2.18. The van der Waals surface area contributed by atoms with E-state index in [1.54, 1.807) is 0 Å². The molecule has 0 radical (unpaired) electrons. The van der Waals surface area contributed by atoms with Crippen LogP contribution in [0.5, 0.6) is 0 Å². The summed E-state index contributed by atoms with van der Waals surface area (Å²) in [5.74, 6) is 0.639. The van der Waals surface area contributed by atoms with E-state index in [-0.39, 0.29) is 5.91 Å². The molecule has 0 aliphatic heterocycles. The Balaban J connectivity index is 3.49. The Morgan fingerprint density at radius 1 is 1.05 bits per heavy atom. The zero-order valence-corrected chi connectivity index (χ0v) is 13.3. The standard InChI is InChI=1S/C16H32N2O/c1-5-6-7-8-9-10-11-12-16(19)18-17-15(4)13-14(2)3/h14H,5-13H2,1-4H3,(H,18,19)/b17-15+. The van der Waals surface area contributed by atoms with Crippen LogP contribution in [0.15, 0.2) is 5.10 Å². The van der Waals surface area contributed by atoms with E-state index in [9.17, 15) is 4.79 Å². The zero-order chi connectivity index (χ0) is 14.5. The quantitative estimate of drug-likeness (QED) is 0.330. The zero-order valence-electron chi connectivity index (χ0n) is 13.3. The summed E-state index contributed by atoms with van der Waals surface area (Å²) in [5, 5.41) is 4.12. The monoisotopic (exact) mass is 268 g/mol. The maximum Gasteiger partial charge on any atom is 0.240 e. The summed E-state index contributed by atoms with van der Waals surface area (Å²) in [7, 11) is 0. The number of nitrogens with zero attached hydrogens (tertiary/aromatic N) is 1. The fraction of sp³-hybridized carbons (Fsp3) is 0.875. The first kappa shape index (κ1) is 18.1. The molecule has 19 heavy (non-hydrogen) atoms. The molecule has 3 heteroatoms. The summed E-state index contributed by atoms with van der Waals surface area (Å²) in [5.41, 5.74) is 3.65. The molecular formula is C16H32N2O. The van der Waals surface area contributed by atoms with Crippen LogP contribution in [0.2, 0.25) is 0 Å². The van der Waals surface area contributed by atoms with Crippen LogP contribution in [-0.2, 0) is 4.79 Å². The fourth-order valence-electron chi connectivity index (χ4n) is 2.09. The van der Waals surface area contributed by atoms with Crippen LogP contribution >= 0.6 is 0 Å². The topological polar surface area (TPSA) is 41.5 Å². The third kappa shape index (κ3) is 13.4. The number of hydrogen-bond donors (Lipinski definition) is 1. The minimum Gasteiger partial charge on any atom is -0.273 e. The van der Waals surface area contributed by atoms with Crippen molar-refractivity contribution in [2.45, 2.75) is 85.5 Å². The lowest BCUT2D eigenvalue weighted by molar-refractivity contribution is -0.121. The van der Waals surface area contributed by atoms with Crippen LogP contribution in [-0.4, -0.2) is 11.6 Å². The molecule has 0 bridgehead atoms. The van der Waals surface area contributed by atoms with Crippen LogP contribution in [0, 0.1) is 5.92 Å². The van der Waals surface area contributed by atoms with Gasteiger partial charge >= 0.3 is 0 Å². The molecule has 0 rings (SSSR count). The Hall–Kier alpha value is -0.860. The molecule has 0 aromatic heterocycles. The van der Waals surface area contributed by atoms with Crippen molar-refractivity contribution in [2.75, 3.05) is 0 Å². The minimum absolute atomic E-state index is 0.0525. The minimum atomic E-state index is 0.0525. The average molecular weight is 268 g/mol. The van der Waals surface area contributed by atoms with Gasteiger partial charge in [-0.15, -0.1) is 0 Å². The number of unbranched alkanes of at least 4 members (excludes halogenated alkanes) is 6. The highest BCUT2D eigenvalue weighted by Gasteiger charge is 2.01. The first-order valence-electron chi connectivity index (χ1n) is 7.88. The Bertz CT molecular complexity index is 259. The first-order valence-corrected chi connectivity index (χ1v) is 7.88. The number of rotatable bonds is 11. The van der Waals surface area contributed by atoms with E-state index >= 15 is 0 Å². The highest BCUT2D eigenvalue weighted by atomic mass is 16.2. The number of hydrogen-bond acceptors (Lipinski definition) is 2. The van der Waals surface area contributed by atoms with Gasteiger partial charge in [-0.25, -0.2) is 5.43 Å². The van der Waals surface area contributed by atoms with Crippen LogP contribution in [0.4, 0.5) is 0 Å². The van der Waals surface area contributed by atoms with Gasteiger partial charge in [0.15, 0.2) is 0 Å². The summed E-state index contributed by atoms with van der Waals surface area (Å²) in [6.45, 7) is 8.50. The third-order valence-corrected chi connectivity index (χ3v) is 3.08. The Morgan fingerprint density at radius 3 is 2.21 bits per heavy atom. The molecule has 0 unspecified atom stereocenters. The molecular weight excluding hydrogens is 236 g/mol. The van der Waals surface area contributed by atoms with Gasteiger partial charge in [0, 0.05) is 12.1 Å². The van der Waals surface area contributed by atoms with Crippen molar-refractivity contribution >= 4 is 11.6 Å². The predicted molar refractivity (Wildman–Crippen MR) is 83.3 cm³/mol. The molecule has 0 saturated heterocycles. The van der Waals surface area contributed by atoms with Crippen molar-refractivity contribution in [2.24, 2.45) is 11.0 Å². The summed E-state index contributed by atoms with van der Waals surface area (Å²) in [4.78, 5) is 11.6. The highest BCUT2D eigenvalue weighted by Crippen LogP contribution is 2.08. The lowest BCUT2D eigenvalue weighted by Gasteiger charge is -2.05. The summed E-state index contributed by atoms with van der Waals surface area (Å²) >= 11 is 0. The molecule has 112 valence electrons. The molecule has 0 saturated carbocycles. The van der Waals surface area contributed by atoms with Gasteiger partial charge < -0.3 is 0 Å². The van der Waals surface area contributed by atoms with Crippen molar-refractivity contribution in [1.82, 2.24) is 5.43 Å². The lowest BCUT2D eigenvalue weighted by atomic mass is 10.1. The molecule has 0 aromatic carbocycles. The van der Waals surface area contributed by atoms with Gasteiger partial charge in [-0.1, -0.05) is 59.3 Å². The summed E-state index contributed by atoms with van der Waals surface area (Å²) in [6, 6.07) is 0. The van der Waals surface area contributed by atoms with Crippen molar-refractivity contribution in [3.63, 3.8) is 0 Å². The van der Waals surface area contributed by atoms with Crippen molar-refractivity contribution in [3.8, 4) is 0 Å². The van der Waals surface area contributed by atoms with E-state index in [2.05, 4.69) is 31.3 Å². The molecule has 0 aliphatic carbocycles. The number of amides is 1. The second-order valence-corrected chi connectivity index (χ2v) is 5.85. The van der Waals surface area contributed by atoms with Crippen LogP contribution < -0.4 is 5.43 Å². The maximum absolute atomic E-state index is 11.6. The van der Waals surface area contributed by atoms with Gasteiger partial charge in [0.05, 0.1) is 0 Å². The molecule has 1 N–H and O–H groups in total.